The molecule has 5 rings (SSSR count). The van der Waals surface area contributed by atoms with Gasteiger partial charge in [0.2, 0.25) is 5.91 Å². The SMILES string of the molecule is COc1ccc2c(c1)[C@@H](N1CCC/C(=C\c3ccc(-n4cnc(C)c4)c(OC)c3)C1=O)CC2. The molecule has 1 amide bonds. The maximum absolute atomic E-state index is 13.5. The first-order valence-corrected chi connectivity index (χ1v) is 11.4. The molecule has 33 heavy (non-hydrogen) atoms. The number of rotatable bonds is 5. The zero-order valence-corrected chi connectivity index (χ0v) is 19.4. The quantitative estimate of drug-likeness (QED) is 0.527. The number of benzene rings is 2. The van der Waals surface area contributed by atoms with Gasteiger partial charge in [0.05, 0.1) is 38.0 Å². The summed E-state index contributed by atoms with van der Waals surface area (Å²) in [5.74, 6) is 1.73. The molecule has 2 heterocycles. The van der Waals surface area contributed by atoms with E-state index in [4.69, 9.17) is 9.47 Å². The van der Waals surface area contributed by atoms with E-state index in [0.717, 1.165) is 66.2 Å². The van der Waals surface area contributed by atoms with Crippen LogP contribution in [0, 0.1) is 6.92 Å². The largest absolute Gasteiger partial charge is 0.497 e. The molecule has 1 aliphatic heterocycles. The predicted octanol–water partition coefficient (Wildman–Crippen LogP) is 4.89. The number of aromatic nitrogens is 2. The Kier molecular flexibility index (Phi) is 5.67. The van der Waals surface area contributed by atoms with Crippen molar-refractivity contribution in [3.63, 3.8) is 0 Å². The molecule has 0 saturated carbocycles. The Labute approximate surface area is 194 Å². The first kappa shape index (κ1) is 21.3. The number of hydrogen-bond acceptors (Lipinski definition) is 4. The number of hydrogen-bond donors (Lipinski definition) is 0. The molecule has 6 heteroatoms. The van der Waals surface area contributed by atoms with Gasteiger partial charge in [-0.1, -0.05) is 12.1 Å². The van der Waals surface area contributed by atoms with Crippen LogP contribution in [0.4, 0.5) is 0 Å². The van der Waals surface area contributed by atoms with Crippen LogP contribution in [0.25, 0.3) is 11.8 Å². The van der Waals surface area contributed by atoms with Gasteiger partial charge in [-0.2, -0.15) is 0 Å². The Balaban J connectivity index is 1.42. The van der Waals surface area contributed by atoms with Gasteiger partial charge in [0, 0.05) is 18.3 Å². The van der Waals surface area contributed by atoms with E-state index >= 15 is 0 Å². The van der Waals surface area contributed by atoms with Crippen molar-refractivity contribution >= 4 is 12.0 Å². The normalized spacial score (nSPS) is 19.1. The summed E-state index contributed by atoms with van der Waals surface area (Å²) < 4.78 is 13.0. The Morgan fingerprint density at radius 1 is 1.09 bits per heavy atom. The van der Waals surface area contributed by atoms with Crippen LogP contribution in [0.3, 0.4) is 0 Å². The van der Waals surface area contributed by atoms with Crippen LogP contribution in [-0.2, 0) is 11.2 Å². The second-order valence-corrected chi connectivity index (χ2v) is 8.74. The fourth-order valence-electron chi connectivity index (χ4n) is 5.02. The third-order valence-electron chi connectivity index (χ3n) is 6.69. The third kappa shape index (κ3) is 4.01. The van der Waals surface area contributed by atoms with Gasteiger partial charge < -0.3 is 18.9 Å². The highest BCUT2D eigenvalue weighted by atomic mass is 16.5. The molecule has 0 spiro atoms. The molecule has 0 N–H and O–H groups in total. The number of fused-ring (bicyclic) bond motifs is 1. The van der Waals surface area contributed by atoms with Crippen molar-refractivity contribution in [3.05, 3.63) is 76.9 Å². The molecule has 0 unspecified atom stereocenters. The van der Waals surface area contributed by atoms with Crippen molar-refractivity contribution in [2.45, 2.75) is 38.6 Å². The van der Waals surface area contributed by atoms with Gasteiger partial charge in [-0.05, 0) is 79.6 Å². The maximum atomic E-state index is 13.5. The summed E-state index contributed by atoms with van der Waals surface area (Å²) in [5, 5.41) is 0. The number of amides is 1. The molecule has 3 aromatic rings. The van der Waals surface area contributed by atoms with Crippen LogP contribution in [0.2, 0.25) is 0 Å². The Morgan fingerprint density at radius 3 is 2.73 bits per heavy atom. The minimum Gasteiger partial charge on any atom is -0.497 e. The number of ether oxygens (including phenoxy) is 2. The first-order chi connectivity index (χ1) is 16.1. The van der Waals surface area contributed by atoms with E-state index in [1.165, 1.54) is 11.1 Å². The fraction of sp³-hybridized carbons (Fsp3) is 0.333. The van der Waals surface area contributed by atoms with Gasteiger partial charge in [0.15, 0.2) is 0 Å². The van der Waals surface area contributed by atoms with E-state index < -0.39 is 0 Å². The number of carbonyl (C=O) groups excluding carboxylic acids is 1. The third-order valence-corrected chi connectivity index (χ3v) is 6.69. The van der Waals surface area contributed by atoms with Gasteiger partial charge >= 0.3 is 0 Å². The average molecular weight is 444 g/mol. The van der Waals surface area contributed by atoms with Crippen LogP contribution >= 0.6 is 0 Å². The minimum absolute atomic E-state index is 0.118. The standard InChI is InChI=1S/C27H29N3O3/c1-18-16-29(17-28-18)25-10-6-19(14-26(25)33-3)13-21-5-4-12-30(27(21)31)24-11-8-20-7-9-22(32-2)15-23(20)24/h6-7,9-10,13-17,24H,4-5,8,11-12H2,1-3H3/b21-13+/t24-/m0/s1. The van der Waals surface area contributed by atoms with Gasteiger partial charge in [-0.3, -0.25) is 4.79 Å². The van der Waals surface area contributed by atoms with Gasteiger partial charge in [0.25, 0.3) is 0 Å². The lowest BCUT2D eigenvalue weighted by molar-refractivity contribution is -0.131. The molecule has 1 atom stereocenters. The van der Waals surface area contributed by atoms with Crippen molar-refractivity contribution in [3.8, 4) is 17.2 Å². The molecule has 1 aromatic heterocycles. The molecular weight excluding hydrogens is 414 g/mol. The number of aryl methyl sites for hydroxylation is 2. The number of imidazole rings is 1. The molecule has 1 aliphatic carbocycles. The summed E-state index contributed by atoms with van der Waals surface area (Å²) in [6.07, 6.45) is 9.49. The van der Waals surface area contributed by atoms with Crippen molar-refractivity contribution in [1.29, 1.82) is 0 Å². The molecule has 170 valence electrons. The lowest BCUT2D eigenvalue weighted by atomic mass is 9.97. The molecule has 6 nitrogen and oxygen atoms in total. The summed E-state index contributed by atoms with van der Waals surface area (Å²) in [6, 6.07) is 12.4. The summed E-state index contributed by atoms with van der Waals surface area (Å²) >= 11 is 0. The van der Waals surface area contributed by atoms with E-state index in [1.54, 1.807) is 20.5 Å². The van der Waals surface area contributed by atoms with Crippen LogP contribution in [0.15, 0.2) is 54.5 Å². The number of carbonyl (C=O) groups is 1. The van der Waals surface area contributed by atoms with Crippen molar-refractivity contribution in [1.82, 2.24) is 14.5 Å². The molecule has 0 radical (unpaired) electrons. The zero-order chi connectivity index (χ0) is 22.9. The second-order valence-electron chi connectivity index (χ2n) is 8.74. The smallest absolute Gasteiger partial charge is 0.250 e. The monoisotopic (exact) mass is 443 g/mol. The van der Waals surface area contributed by atoms with Crippen LogP contribution in [0.1, 0.15) is 47.7 Å². The topological polar surface area (TPSA) is 56.6 Å². The molecule has 2 aromatic carbocycles. The summed E-state index contributed by atoms with van der Waals surface area (Å²) in [4.78, 5) is 19.9. The number of nitrogens with zero attached hydrogens (tertiary/aromatic N) is 3. The van der Waals surface area contributed by atoms with Crippen molar-refractivity contribution < 1.29 is 14.3 Å². The van der Waals surface area contributed by atoms with E-state index in [0.29, 0.717) is 0 Å². The summed E-state index contributed by atoms with van der Waals surface area (Å²) in [5.41, 5.74) is 6.23. The van der Waals surface area contributed by atoms with Gasteiger partial charge in [-0.25, -0.2) is 4.98 Å². The fourth-order valence-corrected chi connectivity index (χ4v) is 5.02. The predicted molar refractivity (Wildman–Crippen MR) is 128 cm³/mol. The highest BCUT2D eigenvalue weighted by Crippen LogP contribution is 2.40. The Hall–Kier alpha value is -3.54. The zero-order valence-electron chi connectivity index (χ0n) is 19.4. The average Bonchev–Trinajstić information content (AvgIpc) is 3.46. The number of likely N-dealkylation sites (tertiary alicyclic amines) is 1. The highest BCUT2D eigenvalue weighted by molar-refractivity contribution is 5.99. The molecule has 2 aliphatic rings. The Morgan fingerprint density at radius 2 is 1.97 bits per heavy atom. The van der Waals surface area contributed by atoms with E-state index in [-0.39, 0.29) is 11.9 Å². The first-order valence-electron chi connectivity index (χ1n) is 11.4. The van der Waals surface area contributed by atoms with E-state index in [9.17, 15) is 4.79 Å². The van der Waals surface area contributed by atoms with Crippen LogP contribution < -0.4 is 9.47 Å². The van der Waals surface area contributed by atoms with Crippen molar-refractivity contribution in [2.24, 2.45) is 0 Å². The highest BCUT2D eigenvalue weighted by Gasteiger charge is 2.34. The lowest BCUT2D eigenvalue weighted by Gasteiger charge is -2.34. The summed E-state index contributed by atoms with van der Waals surface area (Å²) in [6.45, 7) is 2.75. The van der Waals surface area contributed by atoms with E-state index in [1.807, 2.05) is 48.0 Å². The molecular formula is C27H29N3O3. The maximum Gasteiger partial charge on any atom is 0.250 e. The molecule has 1 fully saturated rings. The Bertz CT molecular complexity index is 1230. The molecule has 0 bridgehead atoms. The second kappa shape index (κ2) is 8.77. The van der Waals surface area contributed by atoms with E-state index in [2.05, 4.69) is 22.0 Å². The number of piperidine rings is 1. The van der Waals surface area contributed by atoms with Gasteiger partial charge in [0.1, 0.15) is 11.5 Å². The lowest BCUT2D eigenvalue weighted by Crippen LogP contribution is -2.39. The van der Waals surface area contributed by atoms with Gasteiger partial charge in [-0.15, -0.1) is 0 Å². The van der Waals surface area contributed by atoms with Crippen LogP contribution in [-0.4, -0.2) is 41.1 Å². The number of methoxy groups -OCH3 is 2. The van der Waals surface area contributed by atoms with Crippen molar-refractivity contribution in [2.75, 3.05) is 20.8 Å². The summed E-state index contributed by atoms with van der Waals surface area (Å²) in [7, 11) is 3.35. The van der Waals surface area contributed by atoms with Crippen LogP contribution in [0.5, 0.6) is 11.5 Å². The molecule has 1 saturated heterocycles. The minimum atomic E-state index is 0.118.